The maximum atomic E-state index is 12.9. The van der Waals surface area contributed by atoms with Gasteiger partial charge in [0.1, 0.15) is 6.61 Å². The van der Waals surface area contributed by atoms with Crippen LogP contribution in [0.1, 0.15) is 290 Å². The molecule has 0 N–H and O–H groups in total. The lowest BCUT2D eigenvalue weighted by atomic mass is 10.0. The van der Waals surface area contributed by atoms with E-state index in [0.29, 0.717) is 19.4 Å². The number of rotatable bonds is 53. The van der Waals surface area contributed by atoms with Crippen LogP contribution in [0.15, 0.2) is 60.8 Å². The molecule has 0 aliphatic rings. The molecule has 384 valence electrons. The van der Waals surface area contributed by atoms with Gasteiger partial charge >= 0.3 is 11.9 Å². The highest BCUT2D eigenvalue weighted by Crippen LogP contribution is 2.15. The summed E-state index contributed by atoms with van der Waals surface area (Å²) in [6.45, 7) is 7.79. The second-order valence-electron chi connectivity index (χ2n) is 19.2. The number of carbonyl (C=O) groups is 2. The van der Waals surface area contributed by atoms with E-state index in [1.165, 1.54) is 173 Å². The number of unbranched alkanes of at least 4 members (excludes halogenated alkanes) is 32. The molecule has 0 aromatic heterocycles. The van der Waals surface area contributed by atoms with Crippen molar-refractivity contribution in [3.05, 3.63) is 60.8 Å². The largest absolute Gasteiger partial charge is 0.462 e. The van der Waals surface area contributed by atoms with Crippen LogP contribution >= 0.6 is 0 Å². The fraction of sp³-hybridized carbons (Fsp3) is 0.803. The Morgan fingerprint density at radius 1 is 0.333 bits per heavy atom. The van der Waals surface area contributed by atoms with Gasteiger partial charge in [-0.05, 0) is 89.9 Å². The maximum Gasteiger partial charge on any atom is 0.306 e. The molecular formula is C61H110O5. The summed E-state index contributed by atoms with van der Waals surface area (Å²) in [6, 6.07) is 0. The maximum absolute atomic E-state index is 12.9. The molecule has 0 aromatic rings. The first kappa shape index (κ1) is 63.6. The number of hydrogen-bond acceptors (Lipinski definition) is 5. The molecule has 0 heterocycles. The summed E-state index contributed by atoms with van der Waals surface area (Å²) >= 11 is 0. The SMILES string of the molecule is CCCCC/C=C\C/C=C\C/C=C\CCCCCCC(=O)O[C@H](COCCCCCCCCCCCCCCCCCC)COC(=O)CCCCCCCCC/C=C\C/C=C\CCCCC. The first-order valence-corrected chi connectivity index (χ1v) is 28.8. The van der Waals surface area contributed by atoms with Crippen LogP contribution in [0.2, 0.25) is 0 Å². The second-order valence-corrected chi connectivity index (χ2v) is 19.2. The molecule has 5 nitrogen and oxygen atoms in total. The Balaban J connectivity index is 4.31. The lowest BCUT2D eigenvalue weighted by Gasteiger charge is -2.18. The van der Waals surface area contributed by atoms with Gasteiger partial charge in [0.05, 0.1) is 6.61 Å². The van der Waals surface area contributed by atoms with Crippen molar-refractivity contribution in [2.24, 2.45) is 0 Å². The highest BCUT2D eigenvalue weighted by atomic mass is 16.6. The zero-order valence-electron chi connectivity index (χ0n) is 44.2. The molecule has 0 aliphatic carbocycles. The van der Waals surface area contributed by atoms with Gasteiger partial charge in [-0.15, -0.1) is 0 Å². The van der Waals surface area contributed by atoms with Crippen molar-refractivity contribution in [2.75, 3.05) is 19.8 Å². The smallest absolute Gasteiger partial charge is 0.306 e. The zero-order chi connectivity index (χ0) is 47.7. The van der Waals surface area contributed by atoms with Gasteiger partial charge in [-0.2, -0.15) is 0 Å². The summed E-state index contributed by atoms with van der Waals surface area (Å²) in [5.41, 5.74) is 0. The Labute approximate surface area is 411 Å². The third-order valence-electron chi connectivity index (χ3n) is 12.5. The minimum atomic E-state index is -0.551. The molecule has 0 fully saturated rings. The molecule has 0 saturated carbocycles. The van der Waals surface area contributed by atoms with E-state index in [-0.39, 0.29) is 25.2 Å². The van der Waals surface area contributed by atoms with Gasteiger partial charge in [0, 0.05) is 19.4 Å². The zero-order valence-corrected chi connectivity index (χ0v) is 44.2. The fourth-order valence-electron chi connectivity index (χ4n) is 8.20. The van der Waals surface area contributed by atoms with Crippen molar-refractivity contribution < 1.29 is 23.8 Å². The Morgan fingerprint density at radius 2 is 0.636 bits per heavy atom. The van der Waals surface area contributed by atoms with E-state index in [1.54, 1.807) is 0 Å². The van der Waals surface area contributed by atoms with E-state index < -0.39 is 6.10 Å². The van der Waals surface area contributed by atoms with Gasteiger partial charge in [-0.25, -0.2) is 0 Å². The van der Waals surface area contributed by atoms with E-state index in [4.69, 9.17) is 14.2 Å². The third-order valence-corrected chi connectivity index (χ3v) is 12.5. The number of hydrogen-bond donors (Lipinski definition) is 0. The first-order chi connectivity index (χ1) is 32.6. The van der Waals surface area contributed by atoms with E-state index >= 15 is 0 Å². The van der Waals surface area contributed by atoms with Crippen molar-refractivity contribution in [1.82, 2.24) is 0 Å². The molecule has 0 saturated heterocycles. The van der Waals surface area contributed by atoms with Crippen LogP contribution in [0.5, 0.6) is 0 Å². The molecule has 0 bridgehead atoms. The second kappa shape index (κ2) is 56.9. The van der Waals surface area contributed by atoms with E-state index in [2.05, 4.69) is 81.5 Å². The molecule has 0 amide bonds. The van der Waals surface area contributed by atoms with Crippen molar-refractivity contribution >= 4 is 11.9 Å². The Morgan fingerprint density at radius 3 is 1.05 bits per heavy atom. The van der Waals surface area contributed by atoms with Crippen LogP contribution in [-0.2, 0) is 23.8 Å². The van der Waals surface area contributed by atoms with Crippen LogP contribution in [0.25, 0.3) is 0 Å². The molecular weight excluding hydrogens is 813 g/mol. The monoisotopic (exact) mass is 923 g/mol. The summed E-state index contributed by atoms with van der Waals surface area (Å²) in [5, 5.41) is 0. The number of carbonyl (C=O) groups excluding carboxylic acids is 2. The molecule has 0 aliphatic heterocycles. The molecule has 0 rings (SSSR count). The summed E-state index contributed by atoms with van der Waals surface area (Å²) in [6.07, 6.45) is 72.3. The van der Waals surface area contributed by atoms with Crippen LogP contribution in [0.4, 0.5) is 0 Å². The van der Waals surface area contributed by atoms with Crippen LogP contribution in [-0.4, -0.2) is 37.9 Å². The quantitative estimate of drug-likeness (QED) is 0.0346. The van der Waals surface area contributed by atoms with Crippen LogP contribution in [0, 0.1) is 0 Å². The molecule has 0 unspecified atom stereocenters. The van der Waals surface area contributed by atoms with Gasteiger partial charge in [-0.1, -0.05) is 248 Å². The average molecular weight is 924 g/mol. The van der Waals surface area contributed by atoms with Crippen LogP contribution in [0.3, 0.4) is 0 Å². The predicted octanol–water partition coefficient (Wildman–Crippen LogP) is 19.7. The van der Waals surface area contributed by atoms with Crippen molar-refractivity contribution in [2.45, 2.75) is 297 Å². The fourth-order valence-corrected chi connectivity index (χ4v) is 8.20. The minimum absolute atomic E-state index is 0.0739. The van der Waals surface area contributed by atoms with Gasteiger partial charge in [0.15, 0.2) is 6.10 Å². The third kappa shape index (κ3) is 54.2. The molecule has 0 spiro atoms. The summed E-state index contributed by atoms with van der Waals surface area (Å²) in [4.78, 5) is 25.5. The molecule has 1 atom stereocenters. The van der Waals surface area contributed by atoms with E-state index in [0.717, 1.165) is 83.5 Å². The standard InChI is InChI=1S/C61H110O5/c1-4-7-10-13-16-19-22-25-28-31-33-36-39-42-45-48-51-54-60(62)65-58-59(57-64-56-53-50-47-44-41-38-35-30-27-24-21-18-15-12-9-6-3)66-61(63)55-52-49-46-43-40-37-34-32-29-26-23-20-17-14-11-8-5-2/h16-17,19-20,25-26,28-29,34,37,59H,4-15,18,21-24,27,30-33,35-36,38-58H2,1-3H3/b19-16-,20-17-,28-25-,29-26-,37-34-/t59-/m1/s1. The summed E-state index contributed by atoms with van der Waals surface area (Å²) in [7, 11) is 0. The molecule has 0 radical (unpaired) electrons. The molecule has 5 heteroatoms. The van der Waals surface area contributed by atoms with Crippen molar-refractivity contribution in [1.29, 1.82) is 0 Å². The number of ether oxygens (including phenoxy) is 3. The van der Waals surface area contributed by atoms with E-state index in [1.807, 2.05) is 0 Å². The lowest BCUT2D eigenvalue weighted by molar-refractivity contribution is -0.163. The highest BCUT2D eigenvalue weighted by molar-refractivity contribution is 5.70. The predicted molar refractivity (Wildman–Crippen MR) is 288 cm³/mol. The number of allylic oxidation sites excluding steroid dienone is 10. The lowest BCUT2D eigenvalue weighted by Crippen LogP contribution is -2.30. The minimum Gasteiger partial charge on any atom is -0.462 e. The number of esters is 2. The van der Waals surface area contributed by atoms with Gasteiger partial charge < -0.3 is 14.2 Å². The summed E-state index contributed by atoms with van der Waals surface area (Å²) < 4.78 is 17.5. The topological polar surface area (TPSA) is 61.8 Å². The first-order valence-electron chi connectivity index (χ1n) is 28.8. The highest BCUT2D eigenvalue weighted by Gasteiger charge is 2.17. The Bertz CT molecular complexity index is 1130. The Hall–Kier alpha value is -2.40. The van der Waals surface area contributed by atoms with Gasteiger partial charge in [0.25, 0.3) is 0 Å². The van der Waals surface area contributed by atoms with Gasteiger partial charge in [0.2, 0.25) is 0 Å². The van der Waals surface area contributed by atoms with Crippen molar-refractivity contribution in [3.8, 4) is 0 Å². The molecule has 0 aromatic carbocycles. The van der Waals surface area contributed by atoms with Gasteiger partial charge in [-0.3, -0.25) is 9.59 Å². The molecule has 66 heavy (non-hydrogen) atoms. The normalized spacial score (nSPS) is 12.6. The van der Waals surface area contributed by atoms with E-state index in [9.17, 15) is 9.59 Å². The Kier molecular flexibility index (Phi) is 54.9. The average Bonchev–Trinajstić information content (AvgIpc) is 3.32. The van der Waals surface area contributed by atoms with Crippen LogP contribution < -0.4 is 0 Å². The summed E-state index contributed by atoms with van der Waals surface area (Å²) in [5.74, 6) is -0.419. The van der Waals surface area contributed by atoms with Crippen molar-refractivity contribution in [3.63, 3.8) is 0 Å².